The first kappa shape index (κ1) is 13.2. The number of anilines is 1. The minimum Gasteiger partial charge on any atom is -0.325 e. The molecule has 4 nitrogen and oxygen atoms in total. The van der Waals surface area contributed by atoms with Gasteiger partial charge in [-0.25, -0.2) is 0 Å². The fourth-order valence-corrected chi connectivity index (χ4v) is 1.40. The third kappa shape index (κ3) is 3.89. The molecule has 0 aliphatic carbocycles. The van der Waals surface area contributed by atoms with E-state index in [1.807, 2.05) is 6.07 Å². The van der Waals surface area contributed by atoms with Crippen LogP contribution in [-0.4, -0.2) is 11.7 Å². The number of carbonyl (C=O) groups is 2. The first-order valence-corrected chi connectivity index (χ1v) is 5.36. The standard InChI is InChI=1S/C12H11ClN2O2/c1-8(16)11(6-7-14)12(17)15-10-4-2-9(13)3-5-10/h2-5,11H,6H2,1H3,(H,15,17). The van der Waals surface area contributed by atoms with Crippen LogP contribution in [0.1, 0.15) is 13.3 Å². The van der Waals surface area contributed by atoms with Gasteiger partial charge in [0.2, 0.25) is 5.91 Å². The number of rotatable bonds is 4. The number of Topliss-reactive ketones (excluding diaryl/α,β-unsaturated/α-hetero) is 1. The molecule has 0 bridgehead atoms. The lowest BCUT2D eigenvalue weighted by Crippen LogP contribution is -2.27. The SMILES string of the molecule is CC(=O)C(CC#N)C(=O)Nc1ccc(Cl)cc1. The predicted octanol–water partition coefficient (Wildman–Crippen LogP) is 2.40. The summed E-state index contributed by atoms with van der Waals surface area (Å²) in [6.45, 7) is 1.30. The number of benzene rings is 1. The summed E-state index contributed by atoms with van der Waals surface area (Å²) in [7, 11) is 0. The van der Waals surface area contributed by atoms with Gasteiger partial charge in [0.15, 0.2) is 0 Å². The van der Waals surface area contributed by atoms with Gasteiger partial charge in [-0.3, -0.25) is 9.59 Å². The van der Waals surface area contributed by atoms with Crippen molar-refractivity contribution in [2.75, 3.05) is 5.32 Å². The summed E-state index contributed by atoms with van der Waals surface area (Å²) in [6.07, 6.45) is -0.116. The van der Waals surface area contributed by atoms with E-state index >= 15 is 0 Å². The van der Waals surface area contributed by atoms with Gasteiger partial charge in [-0.05, 0) is 31.2 Å². The minimum absolute atomic E-state index is 0.116. The number of amides is 1. The zero-order valence-electron chi connectivity index (χ0n) is 9.24. The van der Waals surface area contributed by atoms with Gasteiger partial charge in [0.25, 0.3) is 0 Å². The monoisotopic (exact) mass is 250 g/mol. The van der Waals surface area contributed by atoms with E-state index in [1.54, 1.807) is 24.3 Å². The Labute approximate surface area is 104 Å². The van der Waals surface area contributed by atoms with Gasteiger partial charge >= 0.3 is 0 Å². The van der Waals surface area contributed by atoms with E-state index in [2.05, 4.69) is 5.32 Å². The molecule has 0 aliphatic heterocycles. The van der Waals surface area contributed by atoms with Gasteiger partial charge in [-0.2, -0.15) is 5.26 Å². The maximum Gasteiger partial charge on any atom is 0.235 e. The average Bonchev–Trinajstić information content (AvgIpc) is 2.28. The molecule has 0 aromatic heterocycles. The molecule has 5 heteroatoms. The average molecular weight is 251 g/mol. The second-order valence-corrected chi connectivity index (χ2v) is 3.96. The Morgan fingerprint density at radius 3 is 2.47 bits per heavy atom. The van der Waals surface area contributed by atoms with Gasteiger partial charge in [0.05, 0.1) is 12.5 Å². The number of nitriles is 1. The van der Waals surface area contributed by atoms with E-state index in [4.69, 9.17) is 16.9 Å². The highest BCUT2D eigenvalue weighted by molar-refractivity contribution is 6.30. The van der Waals surface area contributed by atoms with Crippen molar-refractivity contribution in [1.82, 2.24) is 0 Å². The number of halogens is 1. The summed E-state index contributed by atoms with van der Waals surface area (Å²) >= 11 is 5.70. The molecule has 0 saturated heterocycles. The molecule has 0 radical (unpaired) electrons. The zero-order chi connectivity index (χ0) is 12.8. The van der Waals surface area contributed by atoms with Crippen molar-refractivity contribution >= 4 is 29.0 Å². The van der Waals surface area contributed by atoms with E-state index in [9.17, 15) is 9.59 Å². The van der Waals surface area contributed by atoms with Crippen molar-refractivity contribution < 1.29 is 9.59 Å². The third-order valence-electron chi connectivity index (χ3n) is 2.21. The summed E-state index contributed by atoms with van der Waals surface area (Å²) in [6, 6.07) is 8.34. The first-order valence-electron chi connectivity index (χ1n) is 4.98. The predicted molar refractivity (Wildman–Crippen MR) is 64.5 cm³/mol. The van der Waals surface area contributed by atoms with Crippen LogP contribution in [0.5, 0.6) is 0 Å². The number of ketones is 1. The topological polar surface area (TPSA) is 70.0 Å². The zero-order valence-corrected chi connectivity index (χ0v) is 9.99. The van der Waals surface area contributed by atoms with E-state index < -0.39 is 11.8 Å². The fourth-order valence-electron chi connectivity index (χ4n) is 1.27. The summed E-state index contributed by atoms with van der Waals surface area (Å²) in [5.41, 5.74) is 0.545. The van der Waals surface area contributed by atoms with E-state index in [0.29, 0.717) is 10.7 Å². The van der Waals surface area contributed by atoms with Gasteiger partial charge in [-0.15, -0.1) is 0 Å². The lowest BCUT2D eigenvalue weighted by Gasteiger charge is -2.10. The number of hydrogen-bond donors (Lipinski definition) is 1. The van der Waals surface area contributed by atoms with Crippen LogP contribution in [0.2, 0.25) is 5.02 Å². The molecule has 1 aromatic rings. The van der Waals surface area contributed by atoms with Crippen molar-refractivity contribution in [2.45, 2.75) is 13.3 Å². The molecule has 1 unspecified atom stereocenters. The molecule has 0 fully saturated rings. The van der Waals surface area contributed by atoms with Crippen LogP contribution in [-0.2, 0) is 9.59 Å². The molecule has 0 aliphatic rings. The van der Waals surface area contributed by atoms with Crippen LogP contribution >= 0.6 is 11.6 Å². The van der Waals surface area contributed by atoms with Crippen molar-refractivity contribution in [3.63, 3.8) is 0 Å². The van der Waals surface area contributed by atoms with Crippen LogP contribution in [0.3, 0.4) is 0 Å². The molecule has 0 heterocycles. The number of nitrogens with zero attached hydrogens (tertiary/aromatic N) is 1. The smallest absolute Gasteiger partial charge is 0.235 e. The van der Waals surface area contributed by atoms with Crippen LogP contribution in [0, 0.1) is 17.2 Å². The normalized spacial score (nSPS) is 11.4. The number of carbonyl (C=O) groups excluding carboxylic acids is 2. The summed E-state index contributed by atoms with van der Waals surface area (Å²) < 4.78 is 0. The maximum atomic E-state index is 11.7. The molecular formula is C12H11ClN2O2. The van der Waals surface area contributed by atoms with E-state index in [0.717, 1.165) is 0 Å². The highest BCUT2D eigenvalue weighted by Gasteiger charge is 2.22. The van der Waals surface area contributed by atoms with Crippen molar-refractivity contribution in [2.24, 2.45) is 5.92 Å². The molecule has 17 heavy (non-hydrogen) atoms. The number of hydrogen-bond acceptors (Lipinski definition) is 3. The van der Waals surface area contributed by atoms with E-state index in [1.165, 1.54) is 6.92 Å². The Balaban J connectivity index is 2.74. The van der Waals surface area contributed by atoms with Crippen molar-refractivity contribution in [1.29, 1.82) is 5.26 Å². The molecule has 1 rings (SSSR count). The Morgan fingerprint density at radius 1 is 1.41 bits per heavy atom. The highest BCUT2D eigenvalue weighted by atomic mass is 35.5. The third-order valence-corrected chi connectivity index (χ3v) is 2.47. The second-order valence-electron chi connectivity index (χ2n) is 3.52. The van der Waals surface area contributed by atoms with E-state index in [-0.39, 0.29) is 12.2 Å². The quantitative estimate of drug-likeness (QED) is 0.834. The van der Waals surface area contributed by atoms with Crippen molar-refractivity contribution in [3.8, 4) is 6.07 Å². The lowest BCUT2D eigenvalue weighted by molar-refractivity contribution is -0.129. The highest BCUT2D eigenvalue weighted by Crippen LogP contribution is 2.15. The molecule has 0 saturated carbocycles. The largest absolute Gasteiger partial charge is 0.325 e. The molecular weight excluding hydrogens is 240 g/mol. The Morgan fingerprint density at radius 2 is 2.00 bits per heavy atom. The molecule has 1 aromatic carbocycles. The van der Waals surface area contributed by atoms with Gasteiger partial charge in [0.1, 0.15) is 11.7 Å². The molecule has 1 amide bonds. The van der Waals surface area contributed by atoms with Crippen LogP contribution in [0.15, 0.2) is 24.3 Å². The first-order chi connectivity index (χ1) is 8.04. The molecule has 0 spiro atoms. The van der Waals surface area contributed by atoms with Crippen molar-refractivity contribution in [3.05, 3.63) is 29.3 Å². The minimum atomic E-state index is -0.921. The molecule has 1 atom stereocenters. The van der Waals surface area contributed by atoms with Crippen LogP contribution < -0.4 is 5.32 Å². The summed E-state index contributed by atoms with van der Waals surface area (Å²) in [4.78, 5) is 22.9. The summed E-state index contributed by atoms with van der Waals surface area (Å²) in [5.74, 6) is -1.71. The van der Waals surface area contributed by atoms with Crippen LogP contribution in [0.25, 0.3) is 0 Å². The molecule has 1 N–H and O–H groups in total. The Bertz CT molecular complexity index is 462. The molecule has 88 valence electrons. The second kappa shape index (κ2) is 6.02. The fraction of sp³-hybridized carbons (Fsp3) is 0.250. The van der Waals surface area contributed by atoms with Gasteiger partial charge < -0.3 is 5.32 Å². The lowest BCUT2D eigenvalue weighted by atomic mass is 10.0. The summed E-state index contributed by atoms with van der Waals surface area (Å²) in [5, 5.41) is 11.7. The Kier molecular flexibility index (Phi) is 4.68. The Hall–Kier alpha value is -1.86. The van der Waals surface area contributed by atoms with Gasteiger partial charge in [0, 0.05) is 10.7 Å². The maximum absolute atomic E-state index is 11.7. The van der Waals surface area contributed by atoms with Crippen LogP contribution in [0.4, 0.5) is 5.69 Å². The number of nitrogens with one attached hydrogen (secondary N) is 1. The van der Waals surface area contributed by atoms with Gasteiger partial charge in [-0.1, -0.05) is 11.6 Å².